The number of benzene rings is 1. The number of hydrogen-bond donors (Lipinski definition) is 1. The Morgan fingerprint density at radius 1 is 1.24 bits per heavy atom. The van der Waals surface area contributed by atoms with Crippen LogP contribution in [0.1, 0.15) is 13.3 Å². The lowest BCUT2D eigenvalue weighted by atomic mass is 10.3. The number of hydrogen-bond acceptors (Lipinski definition) is 4. The van der Waals surface area contributed by atoms with Crippen LogP contribution in [0.3, 0.4) is 0 Å². The summed E-state index contributed by atoms with van der Waals surface area (Å²) < 4.78 is 10.9. The van der Waals surface area contributed by atoms with Crippen LogP contribution in [0.25, 0.3) is 0 Å². The van der Waals surface area contributed by atoms with Gasteiger partial charge in [0.1, 0.15) is 0 Å². The zero-order valence-electron chi connectivity index (χ0n) is 10.5. The van der Waals surface area contributed by atoms with Crippen LogP contribution in [0.4, 0.5) is 0 Å². The number of thioether (sulfide) groups is 1. The molecule has 3 nitrogen and oxygen atoms in total. The fourth-order valence-corrected chi connectivity index (χ4v) is 2.26. The molecule has 0 aliphatic rings. The zero-order valence-corrected chi connectivity index (χ0v) is 11.3. The molecule has 0 aliphatic heterocycles. The van der Waals surface area contributed by atoms with Crippen LogP contribution in [0.5, 0.6) is 11.5 Å². The van der Waals surface area contributed by atoms with Gasteiger partial charge in [0.05, 0.1) is 13.7 Å². The van der Waals surface area contributed by atoms with Gasteiger partial charge in [-0.2, -0.15) is 11.8 Å². The number of ether oxygens (including phenoxy) is 2. The highest BCUT2D eigenvalue weighted by molar-refractivity contribution is 7.99. The summed E-state index contributed by atoms with van der Waals surface area (Å²) in [5, 5.41) is 0. The van der Waals surface area contributed by atoms with Gasteiger partial charge >= 0.3 is 0 Å². The van der Waals surface area contributed by atoms with Crippen LogP contribution in [0.15, 0.2) is 24.3 Å². The Kier molecular flexibility index (Phi) is 6.89. The highest BCUT2D eigenvalue weighted by Gasteiger charge is 2.01. The summed E-state index contributed by atoms with van der Waals surface area (Å²) in [6.45, 7) is 2.73. The first-order valence-electron chi connectivity index (χ1n) is 5.83. The van der Waals surface area contributed by atoms with Gasteiger partial charge in [0.25, 0.3) is 0 Å². The molecule has 17 heavy (non-hydrogen) atoms. The second kappa shape index (κ2) is 8.25. The van der Waals surface area contributed by atoms with E-state index in [1.807, 2.05) is 43.0 Å². The van der Waals surface area contributed by atoms with Crippen molar-refractivity contribution in [2.75, 3.05) is 25.2 Å². The summed E-state index contributed by atoms with van der Waals surface area (Å²) in [6, 6.07) is 7.99. The molecule has 0 amide bonds. The van der Waals surface area contributed by atoms with Crippen LogP contribution >= 0.6 is 11.8 Å². The summed E-state index contributed by atoms with van der Waals surface area (Å²) in [4.78, 5) is 0. The first kappa shape index (κ1) is 14.2. The molecule has 96 valence electrons. The quantitative estimate of drug-likeness (QED) is 0.725. The molecule has 0 saturated carbocycles. The third kappa shape index (κ3) is 5.84. The highest BCUT2D eigenvalue weighted by Crippen LogP contribution is 2.25. The molecule has 1 aromatic carbocycles. The molecule has 0 spiro atoms. The molecule has 0 heterocycles. The van der Waals surface area contributed by atoms with Crippen molar-refractivity contribution in [3.05, 3.63) is 24.3 Å². The maximum atomic E-state index is 5.67. The van der Waals surface area contributed by atoms with Gasteiger partial charge in [-0.05, 0) is 31.2 Å². The fraction of sp³-hybridized carbons (Fsp3) is 0.538. The summed E-state index contributed by atoms with van der Waals surface area (Å²) in [7, 11) is 1.65. The zero-order chi connectivity index (χ0) is 12.5. The summed E-state index contributed by atoms with van der Waals surface area (Å²) >= 11 is 1.87. The predicted octanol–water partition coefficient (Wildman–Crippen LogP) is 2.54. The molecular weight excluding hydrogens is 234 g/mol. The van der Waals surface area contributed by atoms with Gasteiger partial charge < -0.3 is 15.2 Å². The van der Waals surface area contributed by atoms with E-state index in [0.717, 1.165) is 29.4 Å². The minimum absolute atomic E-state index is 0.289. The van der Waals surface area contributed by atoms with Crippen LogP contribution in [0.2, 0.25) is 0 Å². The Balaban J connectivity index is 2.17. The van der Waals surface area contributed by atoms with E-state index in [1.54, 1.807) is 7.11 Å². The molecule has 1 unspecified atom stereocenters. The van der Waals surface area contributed by atoms with Gasteiger partial charge in [-0.1, -0.05) is 12.1 Å². The maximum Gasteiger partial charge on any atom is 0.161 e. The smallest absolute Gasteiger partial charge is 0.161 e. The minimum atomic E-state index is 0.289. The Hall–Kier alpha value is -0.870. The molecule has 0 saturated heterocycles. The van der Waals surface area contributed by atoms with Gasteiger partial charge in [0.15, 0.2) is 11.5 Å². The maximum absolute atomic E-state index is 5.67. The molecule has 0 aliphatic carbocycles. The average molecular weight is 255 g/mol. The van der Waals surface area contributed by atoms with E-state index in [0.29, 0.717) is 6.61 Å². The Labute approximate surface area is 108 Å². The van der Waals surface area contributed by atoms with E-state index < -0.39 is 0 Å². The first-order valence-corrected chi connectivity index (χ1v) is 6.98. The third-order valence-corrected chi connectivity index (χ3v) is 3.25. The van der Waals surface area contributed by atoms with E-state index in [-0.39, 0.29) is 6.04 Å². The van der Waals surface area contributed by atoms with Crippen molar-refractivity contribution in [1.29, 1.82) is 0 Å². The topological polar surface area (TPSA) is 44.5 Å². The van der Waals surface area contributed by atoms with Gasteiger partial charge in [-0.15, -0.1) is 0 Å². The van der Waals surface area contributed by atoms with Crippen molar-refractivity contribution in [2.45, 2.75) is 19.4 Å². The summed E-state index contributed by atoms with van der Waals surface area (Å²) in [6.07, 6.45) is 1.05. The predicted molar refractivity (Wildman–Crippen MR) is 74.1 cm³/mol. The van der Waals surface area contributed by atoms with Gasteiger partial charge in [-0.25, -0.2) is 0 Å². The van der Waals surface area contributed by atoms with Crippen molar-refractivity contribution in [3.63, 3.8) is 0 Å². The van der Waals surface area contributed by atoms with Crippen LogP contribution in [0, 0.1) is 0 Å². The Bertz CT molecular complexity index is 318. The lowest BCUT2D eigenvalue weighted by Crippen LogP contribution is -2.15. The standard InChI is InChI=1S/C13H21NO2S/c1-11(14)7-9-17-10-8-16-13-6-4-3-5-12(13)15-2/h3-6,11H,7-10,14H2,1-2H3. The largest absolute Gasteiger partial charge is 0.493 e. The second-order valence-corrected chi connectivity index (χ2v) is 5.10. The van der Waals surface area contributed by atoms with Crippen molar-refractivity contribution in [3.8, 4) is 11.5 Å². The van der Waals surface area contributed by atoms with Crippen LogP contribution < -0.4 is 15.2 Å². The molecule has 0 aromatic heterocycles. The fourth-order valence-electron chi connectivity index (χ4n) is 1.32. The summed E-state index contributed by atoms with van der Waals surface area (Å²) in [5.41, 5.74) is 5.67. The van der Waals surface area contributed by atoms with E-state index in [4.69, 9.17) is 15.2 Å². The average Bonchev–Trinajstić information content (AvgIpc) is 2.33. The van der Waals surface area contributed by atoms with E-state index in [1.165, 1.54) is 0 Å². The van der Waals surface area contributed by atoms with Crippen molar-refractivity contribution >= 4 is 11.8 Å². The molecule has 4 heteroatoms. The normalized spacial score (nSPS) is 12.2. The molecule has 2 N–H and O–H groups in total. The number of para-hydroxylation sites is 2. The first-order chi connectivity index (χ1) is 8.24. The number of rotatable bonds is 8. The Morgan fingerprint density at radius 3 is 2.59 bits per heavy atom. The Morgan fingerprint density at radius 2 is 1.94 bits per heavy atom. The van der Waals surface area contributed by atoms with Crippen molar-refractivity contribution < 1.29 is 9.47 Å². The lowest BCUT2D eigenvalue weighted by molar-refractivity contribution is 0.313. The SMILES string of the molecule is COc1ccccc1OCCSCCC(C)N. The number of nitrogens with two attached hydrogens (primary N) is 1. The van der Waals surface area contributed by atoms with Crippen LogP contribution in [-0.2, 0) is 0 Å². The van der Waals surface area contributed by atoms with Crippen LogP contribution in [-0.4, -0.2) is 31.3 Å². The third-order valence-electron chi connectivity index (χ3n) is 2.27. The molecule has 0 bridgehead atoms. The van der Waals surface area contributed by atoms with Gasteiger partial charge in [0.2, 0.25) is 0 Å². The highest BCUT2D eigenvalue weighted by atomic mass is 32.2. The molecule has 0 fully saturated rings. The molecule has 1 aromatic rings. The van der Waals surface area contributed by atoms with Gasteiger partial charge in [0, 0.05) is 11.8 Å². The summed E-state index contributed by atoms with van der Waals surface area (Å²) in [5.74, 6) is 3.66. The van der Waals surface area contributed by atoms with Crippen molar-refractivity contribution in [2.24, 2.45) is 5.73 Å². The van der Waals surface area contributed by atoms with E-state index in [9.17, 15) is 0 Å². The molecular formula is C13H21NO2S. The van der Waals surface area contributed by atoms with Crippen molar-refractivity contribution in [1.82, 2.24) is 0 Å². The molecule has 1 atom stereocenters. The van der Waals surface area contributed by atoms with Gasteiger partial charge in [-0.3, -0.25) is 0 Å². The van der Waals surface area contributed by atoms with E-state index in [2.05, 4.69) is 0 Å². The minimum Gasteiger partial charge on any atom is -0.493 e. The monoisotopic (exact) mass is 255 g/mol. The number of methoxy groups -OCH3 is 1. The lowest BCUT2D eigenvalue weighted by Gasteiger charge is -2.10. The van der Waals surface area contributed by atoms with E-state index >= 15 is 0 Å². The molecule has 1 rings (SSSR count). The molecule has 0 radical (unpaired) electrons. The second-order valence-electron chi connectivity index (χ2n) is 3.88.